The summed E-state index contributed by atoms with van der Waals surface area (Å²) in [5, 5.41) is 10.2. The molecule has 0 aromatic carbocycles. The molecule has 0 amide bonds. The quantitative estimate of drug-likeness (QED) is 0.563. The Morgan fingerprint density at radius 1 is 1.27 bits per heavy atom. The summed E-state index contributed by atoms with van der Waals surface area (Å²) in [5.74, 6) is -0.127. The van der Waals surface area contributed by atoms with Crippen LogP contribution in [-0.2, 0) is 9.53 Å². The van der Waals surface area contributed by atoms with E-state index in [1.165, 1.54) is 0 Å². The minimum absolute atomic E-state index is 0.0737. The van der Waals surface area contributed by atoms with E-state index in [4.69, 9.17) is 4.74 Å². The van der Waals surface area contributed by atoms with E-state index in [0.29, 0.717) is 19.4 Å². The van der Waals surface area contributed by atoms with Crippen molar-refractivity contribution in [3.05, 3.63) is 0 Å². The van der Waals surface area contributed by atoms with E-state index < -0.39 is 5.60 Å². The predicted octanol–water partition coefficient (Wildman–Crippen LogP) is 2.07. The summed E-state index contributed by atoms with van der Waals surface area (Å²) in [7, 11) is 0. The van der Waals surface area contributed by atoms with Gasteiger partial charge in [0.15, 0.2) is 5.78 Å². The van der Waals surface area contributed by atoms with Crippen LogP contribution >= 0.6 is 0 Å². The van der Waals surface area contributed by atoms with Gasteiger partial charge in [0.2, 0.25) is 0 Å². The lowest BCUT2D eigenvalue weighted by atomic mass is 9.90. The maximum absolute atomic E-state index is 11.8. The van der Waals surface area contributed by atoms with Gasteiger partial charge in [-0.1, -0.05) is 32.6 Å². The fraction of sp³-hybridized carbons (Fsp3) is 0.917. The third kappa shape index (κ3) is 3.92. The Balaban J connectivity index is 2.40. The first-order chi connectivity index (χ1) is 7.19. The second-order valence-electron chi connectivity index (χ2n) is 4.42. The van der Waals surface area contributed by atoms with Gasteiger partial charge in [-0.3, -0.25) is 4.79 Å². The molecule has 1 aliphatic carbocycles. The molecule has 15 heavy (non-hydrogen) atoms. The van der Waals surface area contributed by atoms with E-state index >= 15 is 0 Å². The molecule has 0 aliphatic heterocycles. The summed E-state index contributed by atoms with van der Waals surface area (Å²) in [5.41, 5.74) is -1.09. The maximum atomic E-state index is 11.8. The highest BCUT2D eigenvalue weighted by molar-refractivity contribution is 5.88. The third-order valence-electron chi connectivity index (χ3n) is 3.03. The van der Waals surface area contributed by atoms with E-state index in [2.05, 4.69) is 0 Å². The van der Waals surface area contributed by atoms with Crippen molar-refractivity contribution in [2.24, 2.45) is 0 Å². The Kier molecular flexibility index (Phi) is 5.26. The molecule has 0 aromatic heterocycles. The number of hydrogen-bond donors (Lipinski definition) is 1. The van der Waals surface area contributed by atoms with Gasteiger partial charge in [-0.2, -0.15) is 0 Å². The third-order valence-corrected chi connectivity index (χ3v) is 3.03. The van der Waals surface area contributed by atoms with Crippen molar-refractivity contribution in [2.75, 3.05) is 13.2 Å². The zero-order valence-corrected chi connectivity index (χ0v) is 9.63. The van der Waals surface area contributed by atoms with Gasteiger partial charge in [0.05, 0.1) is 0 Å². The van der Waals surface area contributed by atoms with E-state index in [-0.39, 0.29) is 12.4 Å². The van der Waals surface area contributed by atoms with E-state index in [1.54, 1.807) is 0 Å². The average Bonchev–Trinajstić information content (AvgIpc) is 2.44. The summed E-state index contributed by atoms with van der Waals surface area (Å²) in [6, 6.07) is 0. The molecule has 88 valence electrons. The molecule has 3 nitrogen and oxygen atoms in total. The highest BCUT2D eigenvalue weighted by atomic mass is 16.5. The fourth-order valence-electron chi connectivity index (χ4n) is 2.04. The summed E-state index contributed by atoms with van der Waals surface area (Å²) in [6.45, 7) is 2.68. The van der Waals surface area contributed by atoms with Crippen LogP contribution in [0.5, 0.6) is 0 Å². The van der Waals surface area contributed by atoms with Crippen LogP contribution in [0.2, 0.25) is 0 Å². The highest BCUT2D eigenvalue weighted by Crippen LogP contribution is 2.27. The van der Waals surface area contributed by atoms with Crippen LogP contribution in [0.1, 0.15) is 51.9 Å². The summed E-state index contributed by atoms with van der Waals surface area (Å²) in [4.78, 5) is 11.8. The van der Waals surface area contributed by atoms with Gasteiger partial charge >= 0.3 is 0 Å². The van der Waals surface area contributed by atoms with Gasteiger partial charge in [-0.25, -0.2) is 0 Å². The molecule has 0 atom stereocenters. The minimum atomic E-state index is -1.09. The Hall–Kier alpha value is -0.410. The molecular formula is C12H22O3. The topological polar surface area (TPSA) is 46.5 Å². The van der Waals surface area contributed by atoms with Gasteiger partial charge in [0, 0.05) is 6.61 Å². The Bertz CT molecular complexity index is 193. The summed E-state index contributed by atoms with van der Waals surface area (Å²) in [6.07, 6.45) is 6.30. The van der Waals surface area contributed by atoms with E-state index in [9.17, 15) is 9.90 Å². The second kappa shape index (κ2) is 6.23. The van der Waals surface area contributed by atoms with E-state index in [0.717, 1.165) is 32.1 Å². The number of hydrogen-bond acceptors (Lipinski definition) is 3. The van der Waals surface area contributed by atoms with Gasteiger partial charge in [-0.05, 0) is 19.3 Å². The first kappa shape index (κ1) is 12.7. The lowest BCUT2D eigenvalue weighted by molar-refractivity contribution is -0.143. The van der Waals surface area contributed by atoms with Crippen LogP contribution < -0.4 is 0 Å². The largest absolute Gasteiger partial charge is 0.382 e. The zero-order valence-electron chi connectivity index (χ0n) is 9.63. The molecule has 0 unspecified atom stereocenters. The van der Waals surface area contributed by atoms with Crippen molar-refractivity contribution >= 4 is 5.78 Å². The molecule has 1 N–H and O–H groups in total. The van der Waals surface area contributed by atoms with Crippen LogP contribution in [0.15, 0.2) is 0 Å². The fourth-order valence-corrected chi connectivity index (χ4v) is 2.04. The smallest absolute Gasteiger partial charge is 0.189 e. The number of aliphatic hydroxyl groups is 1. The molecule has 0 heterocycles. The van der Waals surface area contributed by atoms with Crippen molar-refractivity contribution in [1.29, 1.82) is 0 Å². The van der Waals surface area contributed by atoms with Crippen molar-refractivity contribution in [3.8, 4) is 0 Å². The van der Waals surface area contributed by atoms with Crippen LogP contribution in [0.25, 0.3) is 0 Å². The Morgan fingerprint density at radius 2 is 1.87 bits per heavy atom. The lowest BCUT2D eigenvalue weighted by Gasteiger charge is -2.24. The molecule has 1 rings (SSSR count). The molecule has 0 saturated heterocycles. The van der Waals surface area contributed by atoms with Crippen LogP contribution in [0.3, 0.4) is 0 Å². The second-order valence-corrected chi connectivity index (χ2v) is 4.42. The standard InChI is InChI=1S/C12H22O3/c1-2-9-15-10-11(13)12(14)7-5-3-4-6-8-12/h14H,2-10H2,1H3. The monoisotopic (exact) mass is 214 g/mol. The molecule has 1 aliphatic rings. The summed E-state index contributed by atoms with van der Waals surface area (Å²) >= 11 is 0. The predicted molar refractivity (Wildman–Crippen MR) is 58.8 cm³/mol. The molecule has 0 spiro atoms. The Morgan fingerprint density at radius 3 is 2.40 bits per heavy atom. The van der Waals surface area contributed by atoms with Crippen LogP contribution in [0.4, 0.5) is 0 Å². The maximum Gasteiger partial charge on any atom is 0.189 e. The molecular weight excluding hydrogens is 192 g/mol. The molecule has 0 bridgehead atoms. The van der Waals surface area contributed by atoms with Crippen molar-refractivity contribution in [1.82, 2.24) is 0 Å². The molecule has 1 fully saturated rings. The number of Topliss-reactive ketones (excluding diaryl/α,β-unsaturated/α-hetero) is 1. The summed E-state index contributed by atoms with van der Waals surface area (Å²) < 4.78 is 5.19. The number of carbonyl (C=O) groups excluding carboxylic acids is 1. The minimum Gasteiger partial charge on any atom is -0.382 e. The average molecular weight is 214 g/mol. The van der Waals surface area contributed by atoms with Crippen LogP contribution in [0, 0.1) is 0 Å². The van der Waals surface area contributed by atoms with Gasteiger partial charge < -0.3 is 9.84 Å². The first-order valence-corrected chi connectivity index (χ1v) is 6.02. The highest BCUT2D eigenvalue weighted by Gasteiger charge is 2.35. The van der Waals surface area contributed by atoms with Crippen LogP contribution in [-0.4, -0.2) is 29.7 Å². The normalized spacial score (nSPS) is 20.9. The van der Waals surface area contributed by atoms with Crippen molar-refractivity contribution in [3.63, 3.8) is 0 Å². The van der Waals surface area contributed by atoms with Crippen molar-refractivity contribution in [2.45, 2.75) is 57.5 Å². The molecule has 3 heteroatoms. The SMILES string of the molecule is CCCOCC(=O)C1(O)CCCCCC1. The first-order valence-electron chi connectivity index (χ1n) is 6.02. The van der Waals surface area contributed by atoms with E-state index in [1.807, 2.05) is 6.92 Å². The zero-order chi connectivity index (χ0) is 11.1. The number of carbonyl (C=O) groups is 1. The van der Waals surface area contributed by atoms with Crippen molar-refractivity contribution < 1.29 is 14.6 Å². The van der Waals surface area contributed by atoms with Gasteiger partial charge in [0.25, 0.3) is 0 Å². The Labute approximate surface area is 91.8 Å². The van der Waals surface area contributed by atoms with Gasteiger partial charge in [0.1, 0.15) is 12.2 Å². The molecule has 0 radical (unpaired) electrons. The lowest BCUT2D eigenvalue weighted by Crippen LogP contribution is -2.40. The molecule has 0 aromatic rings. The molecule has 1 saturated carbocycles. The van der Waals surface area contributed by atoms with Gasteiger partial charge in [-0.15, -0.1) is 0 Å². The number of ether oxygens (including phenoxy) is 1. The number of ketones is 1. The number of rotatable bonds is 5.